The number of benzene rings is 2. The molecule has 1 fully saturated rings. The maximum atomic E-state index is 13.7. The van der Waals surface area contributed by atoms with Gasteiger partial charge in [0, 0.05) is 6.54 Å². The van der Waals surface area contributed by atoms with Gasteiger partial charge in [-0.3, -0.25) is 0 Å². The molecule has 0 heterocycles. The fraction of sp³-hybridized carbons (Fsp3) is 0.458. The highest BCUT2D eigenvalue weighted by Crippen LogP contribution is 2.50. The molecular formula is C24H27F3N2. The lowest BCUT2D eigenvalue weighted by Gasteiger charge is -2.42. The average Bonchev–Trinajstić information content (AvgIpc) is 2.66. The summed E-state index contributed by atoms with van der Waals surface area (Å²) in [6, 6.07) is 18.1. The summed E-state index contributed by atoms with van der Waals surface area (Å²) in [5, 5.41) is 10.1. The molecule has 0 saturated heterocycles. The van der Waals surface area contributed by atoms with Crippen molar-refractivity contribution in [1.82, 2.24) is 4.90 Å². The fourth-order valence-corrected chi connectivity index (χ4v) is 4.39. The van der Waals surface area contributed by atoms with Crippen molar-refractivity contribution < 1.29 is 13.2 Å². The van der Waals surface area contributed by atoms with Crippen LogP contribution < -0.4 is 0 Å². The Hall–Kier alpha value is -2.32. The predicted molar refractivity (Wildman–Crippen MR) is 108 cm³/mol. The quantitative estimate of drug-likeness (QED) is 0.529. The van der Waals surface area contributed by atoms with Crippen molar-refractivity contribution in [3.8, 4) is 6.07 Å². The summed E-state index contributed by atoms with van der Waals surface area (Å²) >= 11 is 0. The van der Waals surface area contributed by atoms with Gasteiger partial charge in [0.25, 0.3) is 0 Å². The van der Waals surface area contributed by atoms with Crippen molar-refractivity contribution in [3.05, 3.63) is 71.3 Å². The van der Waals surface area contributed by atoms with Gasteiger partial charge in [-0.05, 0) is 62.4 Å². The van der Waals surface area contributed by atoms with Crippen LogP contribution in [-0.2, 0) is 18.1 Å². The topological polar surface area (TPSA) is 27.0 Å². The SMILES string of the molecule is CN(CCCC(C#N)(c1ccccc1C(F)(F)F)C1CCC1)Cc1ccccc1. The van der Waals surface area contributed by atoms with Crippen LogP contribution in [0.5, 0.6) is 0 Å². The molecule has 1 saturated carbocycles. The first-order valence-electron chi connectivity index (χ1n) is 10.2. The highest BCUT2D eigenvalue weighted by Gasteiger charge is 2.47. The first-order valence-corrected chi connectivity index (χ1v) is 10.2. The van der Waals surface area contributed by atoms with E-state index in [2.05, 4.69) is 23.1 Å². The Bertz CT molecular complexity index is 837. The minimum atomic E-state index is -4.45. The predicted octanol–water partition coefficient (Wildman–Crippen LogP) is 6.18. The average molecular weight is 400 g/mol. The molecule has 2 nitrogen and oxygen atoms in total. The summed E-state index contributed by atoms with van der Waals surface area (Å²) in [7, 11) is 2.01. The summed E-state index contributed by atoms with van der Waals surface area (Å²) < 4.78 is 41.0. The summed E-state index contributed by atoms with van der Waals surface area (Å²) in [6.07, 6.45) is -0.706. The maximum Gasteiger partial charge on any atom is 0.416 e. The van der Waals surface area contributed by atoms with Gasteiger partial charge in [0.1, 0.15) is 0 Å². The minimum Gasteiger partial charge on any atom is -0.302 e. The summed E-state index contributed by atoms with van der Waals surface area (Å²) in [4.78, 5) is 2.16. The van der Waals surface area contributed by atoms with Crippen LogP contribution in [0, 0.1) is 17.2 Å². The number of hydrogen-bond donors (Lipinski definition) is 0. The highest BCUT2D eigenvalue weighted by molar-refractivity contribution is 5.42. The van der Waals surface area contributed by atoms with Crippen molar-refractivity contribution in [3.63, 3.8) is 0 Å². The first-order chi connectivity index (χ1) is 13.9. The molecule has 1 aliphatic carbocycles. The summed E-state index contributed by atoms with van der Waals surface area (Å²) in [5.41, 5.74) is -0.378. The number of nitriles is 1. The molecule has 0 aromatic heterocycles. The van der Waals surface area contributed by atoms with Crippen LogP contribution in [0.2, 0.25) is 0 Å². The van der Waals surface area contributed by atoms with Crippen LogP contribution in [0.3, 0.4) is 0 Å². The molecule has 0 amide bonds. The van der Waals surface area contributed by atoms with Gasteiger partial charge in [0.05, 0.1) is 17.0 Å². The van der Waals surface area contributed by atoms with Crippen molar-refractivity contribution in [1.29, 1.82) is 5.26 Å². The standard InChI is InChI=1S/C24H27F3N2/c1-29(17-19-9-3-2-4-10-19)16-8-15-23(18-28,20-11-7-12-20)21-13-5-6-14-22(21)24(25,26)27/h2-6,9-10,13-14,20H,7-8,11-12,15-17H2,1H3. The first kappa shape index (κ1) is 21.4. The van der Waals surface area contributed by atoms with E-state index in [4.69, 9.17) is 0 Å². The number of alkyl halides is 3. The second-order valence-electron chi connectivity index (χ2n) is 8.08. The van der Waals surface area contributed by atoms with Gasteiger partial charge >= 0.3 is 6.18 Å². The Morgan fingerprint density at radius 3 is 2.17 bits per heavy atom. The Labute approximate surface area is 171 Å². The van der Waals surface area contributed by atoms with Crippen LogP contribution >= 0.6 is 0 Å². The fourth-order valence-electron chi connectivity index (χ4n) is 4.39. The summed E-state index contributed by atoms with van der Waals surface area (Å²) in [5.74, 6) is -0.00423. The number of hydrogen-bond acceptors (Lipinski definition) is 2. The normalized spacial score (nSPS) is 16.8. The van der Waals surface area contributed by atoms with E-state index in [0.29, 0.717) is 12.8 Å². The van der Waals surface area contributed by atoms with Gasteiger partial charge < -0.3 is 4.90 Å². The van der Waals surface area contributed by atoms with E-state index in [1.54, 1.807) is 6.07 Å². The van der Waals surface area contributed by atoms with Crippen molar-refractivity contribution >= 4 is 0 Å². The van der Waals surface area contributed by atoms with E-state index < -0.39 is 17.2 Å². The van der Waals surface area contributed by atoms with Crippen LogP contribution in [-0.4, -0.2) is 18.5 Å². The molecule has 0 bridgehead atoms. The summed E-state index contributed by atoms with van der Waals surface area (Å²) in [6.45, 7) is 1.52. The molecule has 1 atom stereocenters. The molecule has 1 aliphatic rings. The zero-order valence-electron chi connectivity index (χ0n) is 16.8. The Kier molecular flexibility index (Phi) is 6.64. The van der Waals surface area contributed by atoms with Gasteiger partial charge in [-0.25, -0.2) is 0 Å². The van der Waals surface area contributed by atoms with Gasteiger partial charge in [-0.15, -0.1) is 0 Å². The van der Waals surface area contributed by atoms with Gasteiger partial charge in [-0.1, -0.05) is 55.0 Å². The number of rotatable bonds is 8. The molecular weight excluding hydrogens is 373 g/mol. The molecule has 2 aromatic carbocycles. The van der Waals surface area contributed by atoms with E-state index in [-0.39, 0.29) is 11.5 Å². The van der Waals surface area contributed by atoms with Crippen molar-refractivity contribution in [2.24, 2.45) is 5.92 Å². The zero-order valence-corrected chi connectivity index (χ0v) is 16.8. The highest BCUT2D eigenvalue weighted by atomic mass is 19.4. The minimum absolute atomic E-state index is 0.00423. The van der Waals surface area contributed by atoms with Crippen molar-refractivity contribution in [2.45, 2.75) is 50.2 Å². The molecule has 0 spiro atoms. The lowest BCUT2D eigenvalue weighted by atomic mass is 9.60. The smallest absolute Gasteiger partial charge is 0.302 e. The van der Waals surface area contributed by atoms with Crippen LogP contribution in [0.15, 0.2) is 54.6 Å². The second kappa shape index (κ2) is 9.00. The third kappa shape index (κ3) is 4.82. The Morgan fingerprint density at radius 2 is 1.62 bits per heavy atom. The van der Waals surface area contributed by atoms with E-state index in [1.807, 2.05) is 25.2 Å². The molecule has 154 valence electrons. The number of halogens is 3. The van der Waals surface area contributed by atoms with Gasteiger partial charge in [-0.2, -0.15) is 18.4 Å². The Morgan fingerprint density at radius 1 is 1.00 bits per heavy atom. The van der Waals surface area contributed by atoms with E-state index in [9.17, 15) is 18.4 Å². The molecule has 0 radical (unpaired) electrons. The van der Waals surface area contributed by atoms with E-state index in [0.717, 1.165) is 38.4 Å². The lowest BCUT2D eigenvalue weighted by molar-refractivity contribution is -0.139. The van der Waals surface area contributed by atoms with Gasteiger partial charge in [0.15, 0.2) is 0 Å². The lowest BCUT2D eigenvalue weighted by Crippen LogP contribution is -2.40. The molecule has 3 rings (SSSR count). The maximum absolute atomic E-state index is 13.7. The second-order valence-corrected chi connectivity index (χ2v) is 8.08. The third-order valence-electron chi connectivity index (χ3n) is 6.12. The number of nitrogens with zero attached hydrogens (tertiary/aromatic N) is 2. The van der Waals surface area contributed by atoms with Crippen LogP contribution in [0.4, 0.5) is 13.2 Å². The molecule has 1 unspecified atom stereocenters. The molecule has 0 aliphatic heterocycles. The van der Waals surface area contributed by atoms with Crippen LogP contribution in [0.1, 0.15) is 48.8 Å². The third-order valence-corrected chi connectivity index (χ3v) is 6.12. The molecule has 0 N–H and O–H groups in total. The molecule has 29 heavy (non-hydrogen) atoms. The van der Waals surface area contributed by atoms with Crippen molar-refractivity contribution in [2.75, 3.05) is 13.6 Å². The van der Waals surface area contributed by atoms with Gasteiger partial charge in [0.2, 0.25) is 0 Å². The Balaban J connectivity index is 1.77. The van der Waals surface area contributed by atoms with E-state index in [1.165, 1.54) is 17.7 Å². The van der Waals surface area contributed by atoms with E-state index >= 15 is 0 Å². The molecule has 5 heteroatoms. The van der Waals surface area contributed by atoms with Crippen LogP contribution in [0.25, 0.3) is 0 Å². The zero-order chi connectivity index (χ0) is 20.9. The molecule has 2 aromatic rings. The monoisotopic (exact) mass is 400 g/mol. The largest absolute Gasteiger partial charge is 0.416 e.